The third kappa shape index (κ3) is 4.83. The van der Waals surface area contributed by atoms with Crippen molar-refractivity contribution in [1.29, 1.82) is 0 Å². The van der Waals surface area contributed by atoms with E-state index in [0.29, 0.717) is 12.5 Å². The minimum absolute atomic E-state index is 0.422. The number of pyridine rings is 1. The van der Waals surface area contributed by atoms with Crippen molar-refractivity contribution in [3.63, 3.8) is 0 Å². The molecule has 2 aromatic carbocycles. The predicted molar refractivity (Wildman–Crippen MR) is 131 cm³/mol. The number of fused-ring (bicyclic) bond motifs is 1. The van der Waals surface area contributed by atoms with E-state index in [-0.39, 0.29) is 0 Å². The van der Waals surface area contributed by atoms with Crippen LogP contribution in [-0.4, -0.2) is 27.7 Å². The summed E-state index contributed by atoms with van der Waals surface area (Å²) in [4.78, 5) is 9.16. The molecule has 4 aromatic rings. The Hall–Kier alpha value is -3.99. The highest BCUT2D eigenvalue weighted by atomic mass is 16.5. The molecule has 0 radical (unpaired) electrons. The van der Waals surface area contributed by atoms with Crippen LogP contribution in [0.3, 0.4) is 0 Å². The van der Waals surface area contributed by atoms with Crippen LogP contribution in [0.2, 0.25) is 0 Å². The number of aliphatic imine (C=N–C) groups is 1. The van der Waals surface area contributed by atoms with Crippen LogP contribution >= 0.6 is 0 Å². The summed E-state index contributed by atoms with van der Waals surface area (Å²) in [5, 5.41) is 5.41. The van der Waals surface area contributed by atoms with Crippen LogP contribution in [0.5, 0.6) is 0 Å². The average molecular weight is 423 g/mol. The van der Waals surface area contributed by atoms with E-state index in [2.05, 4.69) is 52.6 Å². The van der Waals surface area contributed by atoms with Gasteiger partial charge in [-0.1, -0.05) is 60.7 Å². The van der Waals surface area contributed by atoms with Gasteiger partial charge in [0.2, 0.25) is 5.90 Å². The summed E-state index contributed by atoms with van der Waals surface area (Å²) in [5.41, 5.74) is 5.96. The molecule has 2 aromatic heterocycles. The second-order valence-corrected chi connectivity index (χ2v) is 7.41. The lowest BCUT2D eigenvalue weighted by atomic mass is 10.1. The molecular weight excluding hydrogens is 396 g/mol. The van der Waals surface area contributed by atoms with Crippen molar-refractivity contribution in [2.75, 3.05) is 7.05 Å². The van der Waals surface area contributed by atoms with Gasteiger partial charge in [-0.2, -0.15) is 5.10 Å². The molecular formula is C27H26N4O. The second-order valence-electron chi connectivity index (χ2n) is 7.41. The van der Waals surface area contributed by atoms with E-state index in [1.165, 1.54) is 0 Å². The summed E-state index contributed by atoms with van der Waals surface area (Å²) in [6.45, 7) is 2.40. The number of para-hydroxylation sites is 1. The number of hydrogen-bond acceptors (Lipinski definition) is 4. The van der Waals surface area contributed by atoms with E-state index in [9.17, 15) is 0 Å². The molecule has 0 aliphatic carbocycles. The van der Waals surface area contributed by atoms with E-state index in [1.54, 1.807) is 11.7 Å². The molecule has 0 unspecified atom stereocenters. The second kappa shape index (κ2) is 9.88. The number of hydrogen-bond donors (Lipinski definition) is 0. The maximum Gasteiger partial charge on any atom is 0.216 e. The van der Waals surface area contributed by atoms with Gasteiger partial charge in [0.15, 0.2) is 0 Å². The maximum absolute atomic E-state index is 6.10. The van der Waals surface area contributed by atoms with Gasteiger partial charge in [0.05, 0.1) is 17.4 Å². The molecule has 0 bridgehead atoms. The Labute approximate surface area is 188 Å². The van der Waals surface area contributed by atoms with E-state index < -0.39 is 0 Å². The van der Waals surface area contributed by atoms with Crippen molar-refractivity contribution in [1.82, 2.24) is 14.8 Å². The molecule has 0 aliphatic rings. The Bertz CT molecular complexity index is 1300. The van der Waals surface area contributed by atoms with Crippen molar-refractivity contribution in [2.45, 2.75) is 13.5 Å². The highest BCUT2D eigenvalue weighted by molar-refractivity contribution is 6.19. The fourth-order valence-corrected chi connectivity index (χ4v) is 3.46. The summed E-state index contributed by atoms with van der Waals surface area (Å²) in [5.74, 6) is 0.580. The van der Waals surface area contributed by atoms with Crippen LogP contribution in [0.25, 0.3) is 27.7 Å². The van der Waals surface area contributed by atoms with Gasteiger partial charge in [0.25, 0.3) is 0 Å². The third-order valence-corrected chi connectivity index (χ3v) is 5.13. The number of aromatic nitrogens is 3. The Morgan fingerprint density at radius 2 is 1.88 bits per heavy atom. The highest BCUT2D eigenvalue weighted by Gasteiger charge is 2.13. The number of nitrogens with zero attached hydrogens (tertiary/aromatic N) is 4. The SMILES string of the molecule is C/C=C\C=C(/C(=NC)OCc1ccc(-c2ccc3ccccc3n2)cc1)c1cnn(C)c1. The normalized spacial score (nSPS) is 12.6. The highest BCUT2D eigenvalue weighted by Crippen LogP contribution is 2.22. The Balaban J connectivity index is 1.49. The first-order valence-electron chi connectivity index (χ1n) is 10.5. The van der Waals surface area contributed by atoms with Gasteiger partial charge in [0.1, 0.15) is 6.61 Å². The minimum atomic E-state index is 0.422. The van der Waals surface area contributed by atoms with Gasteiger partial charge in [-0.05, 0) is 30.7 Å². The van der Waals surface area contributed by atoms with Crippen molar-refractivity contribution in [3.05, 3.63) is 102 Å². The lowest BCUT2D eigenvalue weighted by molar-refractivity contribution is 0.296. The van der Waals surface area contributed by atoms with Crippen molar-refractivity contribution >= 4 is 22.4 Å². The topological polar surface area (TPSA) is 52.3 Å². The molecule has 0 spiro atoms. The molecule has 0 N–H and O–H groups in total. The van der Waals surface area contributed by atoms with Gasteiger partial charge >= 0.3 is 0 Å². The molecule has 5 nitrogen and oxygen atoms in total. The first-order valence-corrected chi connectivity index (χ1v) is 10.5. The lowest BCUT2D eigenvalue weighted by Crippen LogP contribution is -2.08. The lowest BCUT2D eigenvalue weighted by Gasteiger charge is -2.12. The molecule has 0 atom stereocenters. The van der Waals surface area contributed by atoms with Gasteiger partial charge in [0, 0.05) is 42.4 Å². The Morgan fingerprint density at radius 1 is 1.06 bits per heavy atom. The van der Waals surface area contributed by atoms with Crippen molar-refractivity contribution in [3.8, 4) is 11.3 Å². The fraction of sp³-hybridized carbons (Fsp3) is 0.148. The molecule has 32 heavy (non-hydrogen) atoms. The van der Waals surface area contributed by atoms with E-state index >= 15 is 0 Å². The van der Waals surface area contributed by atoms with Crippen molar-refractivity contribution in [2.24, 2.45) is 12.0 Å². The van der Waals surface area contributed by atoms with E-state index in [4.69, 9.17) is 9.72 Å². The monoisotopic (exact) mass is 422 g/mol. The standard InChI is InChI=1S/C27H26N4O/c1-4-5-9-24(23-17-29-31(3)18-23)27(28-2)32-19-20-11-13-22(14-12-20)26-16-15-21-8-6-7-10-25(21)30-26/h4-18H,19H2,1-3H3/b5-4-,24-9-,28-27?. The van der Waals surface area contributed by atoms with Crippen LogP contribution in [0.1, 0.15) is 18.1 Å². The zero-order valence-corrected chi connectivity index (χ0v) is 18.6. The summed E-state index contributed by atoms with van der Waals surface area (Å²) in [6.07, 6.45) is 9.71. The first-order chi connectivity index (χ1) is 15.7. The molecule has 0 saturated heterocycles. The summed E-state index contributed by atoms with van der Waals surface area (Å²) >= 11 is 0. The molecule has 160 valence electrons. The van der Waals surface area contributed by atoms with Gasteiger partial charge in [-0.25, -0.2) is 4.98 Å². The number of allylic oxidation sites excluding steroid dienone is 3. The quantitative estimate of drug-likeness (QED) is 0.223. The molecule has 0 saturated carbocycles. The smallest absolute Gasteiger partial charge is 0.216 e. The van der Waals surface area contributed by atoms with Gasteiger partial charge in [-0.15, -0.1) is 0 Å². The first kappa shape index (κ1) is 21.2. The molecule has 2 heterocycles. The molecule has 0 fully saturated rings. The number of benzene rings is 2. The zero-order chi connectivity index (χ0) is 22.3. The number of rotatable bonds is 6. The van der Waals surface area contributed by atoms with Gasteiger partial charge in [-0.3, -0.25) is 9.67 Å². The van der Waals surface area contributed by atoms with E-state index in [0.717, 1.165) is 38.9 Å². The summed E-state index contributed by atoms with van der Waals surface area (Å²) in [6, 6.07) is 20.6. The predicted octanol–water partition coefficient (Wildman–Crippen LogP) is 5.84. The number of ether oxygens (including phenoxy) is 1. The molecule has 5 heteroatoms. The van der Waals surface area contributed by atoms with Crippen LogP contribution in [0.4, 0.5) is 0 Å². The Morgan fingerprint density at radius 3 is 2.59 bits per heavy atom. The van der Waals surface area contributed by atoms with E-state index in [1.807, 2.05) is 62.8 Å². The minimum Gasteiger partial charge on any atom is -0.473 e. The molecule has 4 rings (SSSR count). The van der Waals surface area contributed by atoms with Crippen molar-refractivity contribution < 1.29 is 4.74 Å². The van der Waals surface area contributed by atoms with Gasteiger partial charge < -0.3 is 4.74 Å². The maximum atomic E-state index is 6.10. The third-order valence-electron chi connectivity index (χ3n) is 5.13. The van der Waals surface area contributed by atoms with Crippen LogP contribution in [-0.2, 0) is 18.4 Å². The largest absolute Gasteiger partial charge is 0.473 e. The summed E-state index contributed by atoms with van der Waals surface area (Å²) in [7, 11) is 3.63. The zero-order valence-electron chi connectivity index (χ0n) is 18.6. The van der Waals surface area contributed by atoms with Crippen LogP contribution < -0.4 is 0 Å². The van der Waals surface area contributed by atoms with Crippen LogP contribution in [0, 0.1) is 0 Å². The van der Waals surface area contributed by atoms with Crippen LogP contribution in [0.15, 0.2) is 96.3 Å². The fourth-order valence-electron chi connectivity index (χ4n) is 3.46. The Kier molecular flexibility index (Phi) is 6.56. The summed E-state index contributed by atoms with van der Waals surface area (Å²) < 4.78 is 7.87. The number of aryl methyl sites for hydroxylation is 1. The molecule has 0 amide bonds. The molecule has 0 aliphatic heterocycles. The average Bonchev–Trinajstić information content (AvgIpc) is 3.27.